The summed E-state index contributed by atoms with van der Waals surface area (Å²) in [4.78, 5) is 14.3. The van der Waals surface area contributed by atoms with E-state index in [1.54, 1.807) is 0 Å². The molecule has 18 heavy (non-hydrogen) atoms. The lowest BCUT2D eigenvalue weighted by molar-refractivity contribution is 0.133. The maximum absolute atomic E-state index is 11.2. The minimum atomic E-state index is -1.05. The Morgan fingerprint density at radius 2 is 2.33 bits per heavy atom. The van der Waals surface area contributed by atoms with Gasteiger partial charge in [0, 0.05) is 6.54 Å². The molecule has 1 aliphatic carbocycles. The highest BCUT2D eigenvalue weighted by atomic mass is 16.4. The van der Waals surface area contributed by atoms with Gasteiger partial charge in [-0.1, -0.05) is 6.92 Å². The third-order valence-electron chi connectivity index (χ3n) is 3.67. The van der Waals surface area contributed by atoms with Crippen molar-refractivity contribution >= 4 is 18.1 Å². The molecular formula is C11H15N5O2. The Bertz CT molecular complexity index is 504. The second-order valence-corrected chi connectivity index (χ2v) is 5.33. The number of carboxylic acid groups (broad SMARTS) is 1. The van der Waals surface area contributed by atoms with Crippen LogP contribution in [-0.4, -0.2) is 46.3 Å². The molecule has 0 radical (unpaired) electrons. The molecular weight excluding hydrogens is 234 g/mol. The first kappa shape index (κ1) is 11.1. The number of amidine groups is 1. The zero-order valence-electron chi connectivity index (χ0n) is 10.1. The summed E-state index contributed by atoms with van der Waals surface area (Å²) in [5.74, 6) is 0.901. The van der Waals surface area contributed by atoms with Crippen molar-refractivity contribution in [3.63, 3.8) is 0 Å². The molecule has 0 saturated heterocycles. The highest BCUT2D eigenvalue weighted by molar-refractivity contribution is 6.18. The van der Waals surface area contributed by atoms with E-state index in [4.69, 9.17) is 10.8 Å². The van der Waals surface area contributed by atoms with Crippen LogP contribution in [0.25, 0.3) is 0 Å². The Balaban J connectivity index is 1.92. The molecule has 3 rings (SSSR count). The molecule has 3 N–H and O–H groups in total. The van der Waals surface area contributed by atoms with Crippen LogP contribution < -0.4 is 5.73 Å². The van der Waals surface area contributed by atoms with E-state index in [0.717, 1.165) is 11.4 Å². The molecule has 1 saturated carbocycles. The molecule has 1 amide bonds. The van der Waals surface area contributed by atoms with Crippen LogP contribution in [0.3, 0.4) is 0 Å². The first-order valence-electron chi connectivity index (χ1n) is 5.87. The van der Waals surface area contributed by atoms with Gasteiger partial charge in [-0.05, 0) is 18.3 Å². The summed E-state index contributed by atoms with van der Waals surface area (Å²) in [5.41, 5.74) is 6.71. The van der Waals surface area contributed by atoms with Crippen molar-refractivity contribution in [2.24, 2.45) is 21.4 Å². The van der Waals surface area contributed by atoms with Gasteiger partial charge in [-0.2, -0.15) is 5.10 Å². The average Bonchev–Trinajstić information content (AvgIpc) is 2.85. The van der Waals surface area contributed by atoms with E-state index in [9.17, 15) is 4.79 Å². The first-order chi connectivity index (χ1) is 8.50. The standard InChI is InChI=1S/C11H15N5O2/c1-11(2-3-11)5-15-6-16(10(17)18)8(12)7-4-13-14-9(7)15/h4H,2-3,5-6,12H2,1H3,(H,17,18). The molecule has 0 spiro atoms. The molecule has 0 aromatic rings. The monoisotopic (exact) mass is 249 g/mol. The minimum Gasteiger partial charge on any atom is -0.465 e. The van der Waals surface area contributed by atoms with Crippen molar-refractivity contribution in [2.45, 2.75) is 19.8 Å². The fourth-order valence-corrected chi connectivity index (χ4v) is 2.25. The summed E-state index contributed by atoms with van der Waals surface area (Å²) < 4.78 is 0. The van der Waals surface area contributed by atoms with Crippen molar-refractivity contribution in [3.05, 3.63) is 11.4 Å². The van der Waals surface area contributed by atoms with Crippen LogP contribution in [0, 0.1) is 5.41 Å². The normalized spacial score (nSPS) is 24.2. The van der Waals surface area contributed by atoms with E-state index in [2.05, 4.69) is 17.1 Å². The van der Waals surface area contributed by atoms with Crippen LogP contribution in [0.5, 0.6) is 0 Å². The smallest absolute Gasteiger partial charge is 0.414 e. The molecule has 7 heteroatoms. The molecule has 2 aliphatic heterocycles. The van der Waals surface area contributed by atoms with Gasteiger partial charge in [0.05, 0.1) is 11.8 Å². The number of amides is 1. The second kappa shape index (κ2) is 3.47. The van der Waals surface area contributed by atoms with Gasteiger partial charge in [-0.15, -0.1) is 5.10 Å². The third-order valence-corrected chi connectivity index (χ3v) is 3.67. The highest BCUT2D eigenvalue weighted by Crippen LogP contribution is 2.46. The third kappa shape index (κ3) is 1.62. The van der Waals surface area contributed by atoms with Gasteiger partial charge in [0.2, 0.25) is 0 Å². The van der Waals surface area contributed by atoms with Crippen molar-refractivity contribution in [2.75, 3.05) is 13.2 Å². The molecule has 0 bridgehead atoms. The average molecular weight is 249 g/mol. The van der Waals surface area contributed by atoms with Crippen LogP contribution in [-0.2, 0) is 0 Å². The summed E-state index contributed by atoms with van der Waals surface area (Å²) in [6.45, 7) is 3.20. The van der Waals surface area contributed by atoms with Gasteiger partial charge in [0.25, 0.3) is 0 Å². The lowest BCUT2D eigenvalue weighted by Gasteiger charge is -2.36. The predicted molar refractivity (Wildman–Crippen MR) is 65.9 cm³/mol. The fraction of sp³-hybridized carbons (Fsp3) is 0.545. The van der Waals surface area contributed by atoms with Crippen molar-refractivity contribution in [1.82, 2.24) is 9.80 Å². The zero-order valence-corrected chi connectivity index (χ0v) is 10.1. The Hall–Kier alpha value is -2.05. The molecule has 7 nitrogen and oxygen atoms in total. The van der Waals surface area contributed by atoms with E-state index in [0.29, 0.717) is 11.4 Å². The molecule has 0 aromatic heterocycles. The molecule has 1 fully saturated rings. The number of carbonyl (C=O) groups is 1. The van der Waals surface area contributed by atoms with Crippen LogP contribution in [0.15, 0.2) is 21.6 Å². The van der Waals surface area contributed by atoms with Gasteiger partial charge in [-0.3, -0.25) is 0 Å². The van der Waals surface area contributed by atoms with E-state index >= 15 is 0 Å². The molecule has 2 heterocycles. The van der Waals surface area contributed by atoms with Crippen LogP contribution in [0.1, 0.15) is 19.8 Å². The summed E-state index contributed by atoms with van der Waals surface area (Å²) in [5, 5.41) is 17.0. The maximum atomic E-state index is 11.2. The Kier molecular flexibility index (Phi) is 2.13. The van der Waals surface area contributed by atoms with Gasteiger partial charge in [0.1, 0.15) is 12.5 Å². The number of fused-ring (bicyclic) bond motifs is 1. The zero-order chi connectivity index (χ0) is 12.9. The minimum absolute atomic E-state index is 0.208. The van der Waals surface area contributed by atoms with Crippen LogP contribution in [0.2, 0.25) is 0 Å². The van der Waals surface area contributed by atoms with E-state index < -0.39 is 6.09 Å². The lowest BCUT2D eigenvalue weighted by atomic mass is 10.1. The molecule has 0 unspecified atom stereocenters. The van der Waals surface area contributed by atoms with Gasteiger partial charge in [-0.25, -0.2) is 9.69 Å². The van der Waals surface area contributed by atoms with Crippen LogP contribution >= 0.6 is 0 Å². The van der Waals surface area contributed by atoms with Gasteiger partial charge < -0.3 is 15.7 Å². The van der Waals surface area contributed by atoms with Gasteiger partial charge in [0.15, 0.2) is 5.84 Å². The molecule has 3 aliphatic rings. The quantitative estimate of drug-likeness (QED) is 0.749. The van der Waals surface area contributed by atoms with E-state index in [1.165, 1.54) is 19.1 Å². The largest absolute Gasteiger partial charge is 0.465 e. The highest BCUT2D eigenvalue weighted by Gasteiger charge is 2.42. The summed E-state index contributed by atoms with van der Waals surface area (Å²) in [7, 11) is 0. The number of rotatable bonds is 2. The van der Waals surface area contributed by atoms with Crippen molar-refractivity contribution in [3.8, 4) is 0 Å². The summed E-state index contributed by atoms with van der Waals surface area (Å²) in [6.07, 6.45) is 2.80. The van der Waals surface area contributed by atoms with Gasteiger partial charge >= 0.3 is 6.09 Å². The molecule has 0 aromatic carbocycles. The Labute approximate surface area is 104 Å². The van der Waals surface area contributed by atoms with Crippen molar-refractivity contribution in [1.29, 1.82) is 0 Å². The predicted octanol–water partition coefficient (Wildman–Crippen LogP) is 0.608. The topological polar surface area (TPSA) is 94.5 Å². The Morgan fingerprint density at radius 3 is 2.94 bits per heavy atom. The maximum Gasteiger partial charge on any atom is 0.414 e. The Morgan fingerprint density at radius 1 is 1.61 bits per heavy atom. The molecule has 96 valence electrons. The number of hydrogen-bond acceptors (Lipinski definition) is 5. The van der Waals surface area contributed by atoms with Crippen molar-refractivity contribution < 1.29 is 9.90 Å². The number of hydrogen-bond donors (Lipinski definition) is 2. The van der Waals surface area contributed by atoms with E-state index in [-0.39, 0.29) is 17.9 Å². The first-order valence-corrected chi connectivity index (χ1v) is 5.87. The summed E-state index contributed by atoms with van der Waals surface area (Å²) >= 11 is 0. The molecule has 0 atom stereocenters. The fourth-order valence-electron chi connectivity index (χ4n) is 2.25. The SMILES string of the molecule is CC1(CN2CN(C(=O)O)C(N)=C3C=NN=C32)CC1. The van der Waals surface area contributed by atoms with E-state index in [1.807, 2.05) is 4.90 Å². The number of nitrogens with zero attached hydrogens (tertiary/aromatic N) is 4. The van der Waals surface area contributed by atoms with Crippen LogP contribution in [0.4, 0.5) is 4.79 Å². The second-order valence-electron chi connectivity index (χ2n) is 5.33. The lowest BCUT2D eigenvalue weighted by Crippen LogP contribution is -2.52. The summed E-state index contributed by atoms with van der Waals surface area (Å²) in [6, 6.07) is 0. The number of nitrogens with two attached hydrogens (primary N) is 1.